The third-order valence-corrected chi connectivity index (χ3v) is 5.22. The number of halogens is 1. The second-order valence-corrected chi connectivity index (χ2v) is 8.95. The van der Waals surface area contributed by atoms with Gasteiger partial charge in [0, 0.05) is 36.8 Å². The van der Waals surface area contributed by atoms with Crippen LogP contribution in [-0.2, 0) is 4.74 Å². The molecule has 7 nitrogen and oxygen atoms in total. The number of nitriles is 1. The minimum atomic E-state index is -0.505. The second-order valence-electron chi connectivity index (χ2n) is 8.10. The highest BCUT2D eigenvalue weighted by Gasteiger charge is 2.28. The van der Waals surface area contributed by atoms with Crippen molar-refractivity contribution in [2.24, 2.45) is 0 Å². The third kappa shape index (κ3) is 5.30. The Bertz CT molecular complexity index is 963. The first-order valence-corrected chi connectivity index (χ1v) is 10.3. The molecule has 0 unspecified atom stereocenters. The van der Waals surface area contributed by atoms with Crippen molar-refractivity contribution in [1.29, 1.82) is 5.26 Å². The molecule has 0 atom stereocenters. The number of aromatic amines is 1. The van der Waals surface area contributed by atoms with E-state index < -0.39 is 5.60 Å². The van der Waals surface area contributed by atoms with Crippen LogP contribution in [-0.4, -0.2) is 46.6 Å². The summed E-state index contributed by atoms with van der Waals surface area (Å²) in [5.41, 5.74) is 0.705. The molecule has 154 valence electrons. The van der Waals surface area contributed by atoms with Crippen LogP contribution in [0.1, 0.15) is 50.5 Å². The van der Waals surface area contributed by atoms with E-state index in [0.717, 1.165) is 15.4 Å². The summed E-state index contributed by atoms with van der Waals surface area (Å²) in [6.07, 6.45) is 0.959. The zero-order valence-corrected chi connectivity index (χ0v) is 18.3. The minimum absolute atomic E-state index is 0.0129. The van der Waals surface area contributed by atoms with Gasteiger partial charge in [0.2, 0.25) is 0 Å². The first-order chi connectivity index (χ1) is 13.7. The van der Waals surface area contributed by atoms with Crippen LogP contribution in [0.3, 0.4) is 0 Å². The molecule has 0 spiro atoms. The molecule has 0 saturated carbocycles. The summed E-state index contributed by atoms with van der Waals surface area (Å²) in [5.74, 6) is 0.448. The normalized spacial score (nSPS) is 15.2. The first kappa shape index (κ1) is 21.2. The van der Waals surface area contributed by atoms with Gasteiger partial charge in [0.05, 0.1) is 16.2 Å². The molecule has 1 amide bonds. The van der Waals surface area contributed by atoms with Crippen molar-refractivity contribution in [3.05, 3.63) is 28.4 Å². The van der Waals surface area contributed by atoms with Gasteiger partial charge in [0.25, 0.3) is 0 Å². The number of hydrogen-bond acceptors (Lipinski definition) is 5. The fraction of sp³-hybridized carbons (Fsp3) is 0.476. The summed E-state index contributed by atoms with van der Waals surface area (Å²) < 4.78 is 12.4. The van der Waals surface area contributed by atoms with E-state index in [0.29, 0.717) is 37.4 Å². The molecule has 1 fully saturated rings. The fourth-order valence-corrected chi connectivity index (χ4v) is 3.64. The average Bonchev–Trinajstić information content (AvgIpc) is 3.04. The molecule has 1 saturated heterocycles. The van der Waals surface area contributed by atoms with Gasteiger partial charge in [-0.1, -0.05) is 0 Å². The second kappa shape index (κ2) is 8.46. The highest BCUT2D eigenvalue weighted by Crippen LogP contribution is 2.33. The summed E-state index contributed by atoms with van der Waals surface area (Å²) in [5, 5.41) is 9.55. The van der Waals surface area contributed by atoms with Gasteiger partial charge < -0.3 is 19.4 Å². The van der Waals surface area contributed by atoms with Crippen LogP contribution < -0.4 is 4.74 Å². The number of carbonyl (C=O) groups is 2. The highest BCUT2D eigenvalue weighted by molar-refractivity contribution is 9.10. The molecule has 3 rings (SSSR count). The van der Waals surface area contributed by atoms with E-state index >= 15 is 0 Å². The summed E-state index contributed by atoms with van der Waals surface area (Å²) in [7, 11) is 0. The Morgan fingerprint density at radius 3 is 2.59 bits per heavy atom. The Morgan fingerprint density at radius 2 is 1.97 bits per heavy atom. The van der Waals surface area contributed by atoms with Gasteiger partial charge in [-0.05, 0) is 54.9 Å². The molecular weight excluding hydrogens is 438 g/mol. The maximum absolute atomic E-state index is 12.2. The number of nitrogens with zero attached hydrogens (tertiary/aromatic N) is 2. The zero-order chi connectivity index (χ0) is 21.2. The summed E-state index contributed by atoms with van der Waals surface area (Å²) >= 11 is 3.52. The van der Waals surface area contributed by atoms with Gasteiger partial charge in [-0.2, -0.15) is 5.26 Å². The summed E-state index contributed by atoms with van der Waals surface area (Å²) in [4.78, 5) is 28.9. The van der Waals surface area contributed by atoms with Crippen molar-refractivity contribution in [2.45, 2.75) is 51.7 Å². The van der Waals surface area contributed by atoms with Gasteiger partial charge in [0.1, 0.15) is 23.9 Å². The van der Waals surface area contributed by atoms with E-state index in [1.807, 2.05) is 39.0 Å². The van der Waals surface area contributed by atoms with Crippen molar-refractivity contribution >= 4 is 38.7 Å². The Kier molecular flexibility index (Phi) is 6.18. The monoisotopic (exact) mass is 461 g/mol. The van der Waals surface area contributed by atoms with E-state index in [-0.39, 0.29) is 24.4 Å². The van der Waals surface area contributed by atoms with Crippen LogP contribution in [0.2, 0.25) is 0 Å². The van der Waals surface area contributed by atoms with Crippen LogP contribution in [0.5, 0.6) is 5.75 Å². The number of nitrogens with one attached hydrogen (secondary N) is 1. The molecular formula is C21H24BrN3O4. The number of fused-ring (bicyclic) bond motifs is 1. The molecule has 1 aliphatic rings. The van der Waals surface area contributed by atoms with Crippen molar-refractivity contribution in [1.82, 2.24) is 9.88 Å². The minimum Gasteiger partial charge on any atom is -0.489 e. The molecule has 2 heterocycles. The predicted molar refractivity (Wildman–Crippen MR) is 112 cm³/mol. The predicted octanol–water partition coefficient (Wildman–Crippen LogP) is 4.81. The first-order valence-electron chi connectivity index (χ1n) is 9.53. The van der Waals surface area contributed by atoms with E-state index in [4.69, 9.17) is 14.7 Å². The van der Waals surface area contributed by atoms with Crippen LogP contribution in [0, 0.1) is 11.3 Å². The number of amides is 1. The lowest BCUT2D eigenvalue weighted by Gasteiger charge is -2.33. The number of benzene rings is 1. The van der Waals surface area contributed by atoms with E-state index in [1.165, 1.54) is 0 Å². The fourth-order valence-electron chi connectivity index (χ4n) is 3.20. The molecule has 1 aromatic carbocycles. The van der Waals surface area contributed by atoms with Crippen LogP contribution in [0.25, 0.3) is 10.9 Å². The Morgan fingerprint density at radius 1 is 1.28 bits per heavy atom. The maximum Gasteiger partial charge on any atom is 0.410 e. The van der Waals surface area contributed by atoms with Crippen LogP contribution in [0.15, 0.2) is 22.7 Å². The molecule has 1 aromatic heterocycles. The maximum atomic E-state index is 12.2. The van der Waals surface area contributed by atoms with Gasteiger partial charge >= 0.3 is 6.09 Å². The van der Waals surface area contributed by atoms with E-state index in [9.17, 15) is 9.59 Å². The molecule has 1 N–H and O–H groups in total. The number of H-pyrrole nitrogens is 1. The lowest BCUT2D eigenvalue weighted by molar-refractivity contribution is 0.0126. The Labute approximate surface area is 178 Å². The lowest BCUT2D eigenvalue weighted by atomic mass is 10.1. The van der Waals surface area contributed by atoms with Crippen molar-refractivity contribution in [2.75, 3.05) is 13.1 Å². The quantitative estimate of drug-likeness (QED) is 0.659. The average molecular weight is 462 g/mol. The zero-order valence-electron chi connectivity index (χ0n) is 16.8. The van der Waals surface area contributed by atoms with E-state index in [2.05, 4.69) is 20.9 Å². The smallest absolute Gasteiger partial charge is 0.410 e. The number of piperidine rings is 1. The Balaban J connectivity index is 1.65. The van der Waals surface area contributed by atoms with Gasteiger partial charge in [0.15, 0.2) is 5.78 Å². The molecule has 0 radical (unpaired) electrons. The van der Waals surface area contributed by atoms with Gasteiger partial charge in [-0.25, -0.2) is 4.79 Å². The molecule has 1 aliphatic heterocycles. The van der Waals surface area contributed by atoms with E-state index in [1.54, 1.807) is 11.0 Å². The SMILES string of the molecule is CC(C)(C)OC(=O)N1CCC(Oc2cc3cc(C(=O)CC#N)[nH]c3cc2Br)CC1. The number of rotatable bonds is 4. The topological polar surface area (TPSA) is 95.4 Å². The van der Waals surface area contributed by atoms with Crippen LogP contribution in [0.4, 0.5) is 4.79 Å². The lowest BCUT2D eigenvalue weighted by Crippen LogP contribution is -2.44. The van der Waals surface area contributed by atoms with Crippen molar-refractivity contribution in [3.63, 3.8) is 0 Å². The highest BCUT2D eigenvalue weighted by atomic mass is 79.9. The summed E-state index contributed by atoms with van der Waals surface area (Å²) in [6.45, 7) is 6.73. The number of likely N-dealkylation sites (tertiary alicyclic amines) is 1. The van der Waals surface area contributed by atoms with Gasteiger partial charge in [-0.3, -0.25) is 4.79 Å². The number of hydrogen-bond donors (Lipinski definition) is 1. The van der Waals surface area contributed by atoms with Crippen molar-refractivity contribution < 1.29 is 19.1 Å². The van der Waals surface area contributed by atoms with Gasteiger partial charge in [-0.15, -0.1) is 0 Å². The summed E-state index contributed by atoms with van der Waals surface area (Å²) in [6, 6.07) is 7.35. The third-order valence-electron chi connectivity index (χ3n) is 4.60. The van der Waals surface area contributed by atoms with Crippen molar-refractivity contribution in [3.8, 4) is 11.8 Å². The molecule has 29 heavy (non-hydrogen) atoms. The molecule has 2 aromatic rings. The number of Topliss-reactive ketones (excluding diaryl/α,β-unsaturated/α-hetero) is 1. The molecule has 0 aliphatic carbocycles. The standard InChI is InChI=1S/C21H24BrN3O4/c1-21(2,3)29-20(27)25-8-5-14(6-9-25)28-19-11-13-10-17(18(26)4-7-23)24-16(13)12-15(19)22/h10-12,14,24H,4-6,8-9H2,1-3H3. The number of ether oxygens (including phenoxy) is 2. The number of aromatic nitrogens is 1. The largest absolute Gasteiger partial charge is 0.489 e. The van der Waals surface area contributed by atoms with Crippen LogP contribution >= 0.6 is 15.9 Å². The molecule has 8 heteroatoms. The number of ketones is 1. The Hall–Kier alpha value is -2.53. The number of carbonyl (C=O) groups excluding carboxylic acids is 2. The molecule has 0 bridgehead atoms.